The lowest BCUT2D eigenvalue weighted by Gasteiger charge is -2.01. The highest BCUT2D eigenvalue weighted by Gasteiger charge is 2.07. The Morgan fingerprint density at radius 2 is 2.05 bits per heavy atom. The lowest BCUT2D eigenvalue weighted by molar-refractivity contribution is -0.140. The Morgan fingerprint density at radius 3 is 2.76 bits per heavy atom. The fourth-order valence-corrected chi connectivity index (χ4v) is 2.65. The first-order valence-corrected chi connectivity index (χ1v) is 8.34. The van der Waals surface area contributed by atoms with Crippen LogP contribution in [0.2, 0.25) is 0 Å². The van der Waals surface area contributed by atoms with Gasteiger partial charge < -0.3 is 10.1 Å². The van der Waals surface area contributed by atoms with E-state index in [1.165, 1.54) is 31.3 Å². The van der Waals surface area contributed by atoms with Crippen molar-refractivity contribution in [2.45, 2.75) is 58.3 Å². The van der Waals surface area contributed by atoms with Crippen molar-refractivity contribution in [2.75, 3.05) is 12.4 Å². The average molecular weight is 312 g/mol. The highest BCUT2D eigenvalue weighted by molar-refractivity contribution is 7.13. The second-order valence-electron chi connectivity index (χ2n) is 4.93. The van der Waals surface area contributed by atoms with E-state index in [1.807, 2.05) is 5.38 Å². The predicted octanol–water partition coefficient (Wildman–Crippen LogP) is 3.55. The summed E-state index contributed by atoms with van der Waals surface area (Å²) in [6.07, 6.45) is 6.75. The van der Waals surface area contributed by atoms with Crippen LogP contribution in [-0.2, 0) is 20.7 Å². The molecule has 118 valence electrons. The lowest BCUT2D eigenvalue weighted by Crippen LogP contribution is -2.10. The van der Waals surface area contributed by atoms with Crippen molar-refractivity contribution in [3.8, 4) is 0 Å². The molecule has 1 aromatic heterocycles. The number of aryl methyl sites for hydroxylation is 1. The van der Waals surface area contributed by atoms with E-state index >= 15 is 0 Å². The number of anilines is 1. The Bertz CT molecular complexity index is 446. The standard InChI is InChI=1S/C15H24N2O3S/c1-3-4-5-6-9-13(18)17-15-16-12(11-21-15)8-7-10-14(19)20-2/h11H,3-10H2,1-2H3,(H,16,17,18). The van der Waals surface area contributed by atoms with Crippen molar-refractivity contribution in [1.29, 1.82) is 0 Å². The van der Waals surface area contributed by atoms with Crippen LogP contribution in [0.3, 0.4) is 0 Å². The van der Waals surface area contributed by atoms with Crippen LogP contribution in [0.15, 0.2) is 5.38 Å². The SMILES string of the molecule is CCCCCCC(=O)Nc1nc(CCCC(=O)OC)cs1. The quantitative estimate of drug-likeness (QED) is 0.530. The molecule has 0 saturated carbocycles. The predicted molar refractivity (Wildman–Crippen MR) is 84.5 cm³/mol. The average Bonchev–Trinajstić information content (AvgIpc) is 2.90. The molecule has 0 saturated heterocycles. The number of carbonyl (C=O) groups is 2. The number of nitrogens with one attached hydrogen (secondary N) is 1. The second-order valence-corrected chi connectivity index (χ2v) is 5.79. The van der Waals surface area contributed by atoms with Crippen LogP contribution < -0.4 is 5.32 Å². The Balaban J connectivity index is 2.24. The maximum absolute atomic E-state index is 11.7. The second kappa shape index (κ2) is 10.3. The summed E-state index contributed by atoms with van der Waals surface area (Å²) in [6, 6.07) is 0. The molecule has 5 nitrogen and oxygen atoms in total. The number of aromatic nitrogens is 1. The fourth-order valence-electron chi connectivity index (χ4n) is 1.89. The minimum absolute atomic E-state index is 0.0292. The van der Waals surface area contributed by atoms with Crippen molar-refractivity contribution in [3.63, 3.8) is 0 Å². The number of methoxy groups -OCH3 is 1. The number of amides is 1. The van der Waals surface area contributed by atoms with Crippen LogP contribution in [0.5, 0.6) is 0 Å². The third-order valence-corrected chi connectivity index (χ3v) is 3.90. The summed E-state index contributed by atoms with van der Waals surface area (Å²) in [5, 5.41) is 5.39. The summed E-state index contributed by atoms with van der Waals surface area (Å²) in [7, 11) is 1.39. The molecule has 21 heavy (non-hydrogen) atoms. The van der Waals surface area contributed by atoms with Crippen LogP contribution in [0.4, 0.5) is 5.13 Å². The van der Waals surface area contributed by atoms with E-state index in [-0.39, 0.29) is 11.9 Å². The molecule has 1 heterocycles. The summed E-state index contributed by atoms with van der Waals surface area (Å²) >= 11 is 1.43. The first-order chi connectivity index (χ1) is 10.2. The summed E-state index contributed by atoms with van der Waals surface area (Å²) in [6.45, 7) is 2.15. The number of hydrogen-bond acceptors (Lipinski definition) is 5. The maximum Gasteiger partial charge on any atom is 0.305 e. The van der Waals surface area contributed by atoms with Crippen LogP contribution in [0, 0.1) is 0 Å². The summed E-state index contributed by atoms with van der Waals surface area (Å²) in [5.74, 6) is -0.174. The first kappa shape index (κ1) is 17.6. The van der Waals surface area contributed by atoms with Gasteiger partial charge in [0.2, 0.25) is 5.91 Å². The number of ether oxygens (including phenoxy) is 1. The molecule has 0 bridgehead atoms. The molecule has 1 amide bonds. The smallest absolute Gasteiger partial charge is 0.305 e. The molecule has 0 aliphatic heterocycles. The highest BCUT2D eigenvalue weighted by atomic mass is 32.1. The molecule has 1 rings (SSSR count). The maximum atomic E-state index is 11.7. The molecule has 1 aromatic rings. The largest absolute Gasteiger partial charge is 0.469 e. The van der Waals surface area contributed by atoms with Crippen molar-refractivity contribution in [1.82, 2.24) is 4.98 Å². The number of rotatable bonds is 10. The van der Waals surface area contributed by atoms with Gasteiger partial charge in [-0.1, -0.05) is 26.2 Å². The van der Waals surface area contributed by atoms with E-state index < -0.39 is 0 Å². The molecule has 0 fully saturated rings. The fraction of sp³-hybridized carbons (Fsp3) is 0.667. The number of hydrogen-bond donors (Lipinski definition) is 1. The van der Waals surface area contributed by atoms with E-state index in [9.17, 15) is 9.59 Å². The summed E-state index contributed by atoms with van der Waals surface area (Å²) in [4.78, 5) is 27.1. The Morgan fingerprint density at radius 1 is 1.24 bits per heavy atom. The lowest BCUT2D eigenvalue weighted by atomic mass is 10.1. The molecule has 6 heteroatoms. The topological polar surface area (TPSA) is 68.3 Å². The number of unbranched alkanes of at least 4 members (excludes halogenated alkanes) is 3. The molecular formula is C15H24N2O3S. The summed E-state index contributed by atoms with van der Waals surface area (Å²) in [5.41, 5.74) is 0.908. The molecule has 0 aliphatic rings. The van der Waals surface area contributed by atoms with Gasteiger partial charge in [-0.15, -0.1) is 11.3 Å². The highest BCUT2D eigenvalue weighted by Crippen LogP contribution is 2.17. The molecule has 0 atom stereocenters. The van der Waals surface area contributed by atoms with Crippen LogP contribution >= 0.6 is 11.3 Å². The van der Waals surface area contributed by atoms with E-state index in [0.717, 1.165) is 25.0 Å². The van der Waals surface area contributed by atoms with Crippen molar-refractivity contribution < 1.29 is 14.3 Å². The van der Waals surface area contributed by atoms with Gasteiger partial charge in [-0.05, 0) is 19.3 Å². The van der Waals surface area contributed by atoms with E-state index in [2.05, 4.69) is 22.0 Å². The molecule has 0 spiro atoms. The van der Waals surface area contributed by atoms with Gasteiger partial charge in [-0.2, -0.15) is 0 Å². The van der Waals surface area contributed by atoms with Crippen molar-refractivity contribution >= 4 is 28.3 Å². The Kier molecular flexibility index (Phi) is 8.66. The van der Waals surface area contributed by atoms with Crippen LogP contribution in [0.25, 0.3) is 0 Å². The van der Waals surface area contributed by atoms with Gasteiger partial charge in [-0.25, -0.2) is 4.98 Å². The third kappa shape index (κ3) is 7.80. The van der Waals surface area contributed by atoms with Crippen molar-refractivity contribution in [3.05, 3.63) is 11.1 Å². The molecule has 1 N–H and O–H groups in total. The van der Waals surface area contributed by atoms with Crippen LogP contribution in [-0.4, -0.2) is 24.0 Å². The molecule has 0 aromatic carbocycles. The number of nitrogens with zero attached hydrogens (tertiary/aromatic N) is 1. The Hall–Kier alpha value is -1.43. The van der Waals surface area contributed by atoms with Gasteiger partial charge in [0, 0.05) is 18.2 Å². The minimum Gasteiger partial charge on any atom is -0.469 e. The van der Waals surface area contributed by atoms with Gasteiger partial charge in [0.1, 0.15) is 0 Å². The first-order valence-electron chi connectivity index (χ1n) is 7.46. The van der Waals surface area contributed by atoms with E-state index in [4.69, 9.17) is 0 Å². The molecular weight excluding hydrogens is 288 g/mol. The molecule has 0 unspecified atom stereocenters. The normalized spacial score (nSPS) is 10.4. The number of carbonyl (C=O) groups excluding carboxylic acids is 2. The molecule has 0 aliphatic carbocycles. The third-order valence-electron chi connectivity index (χ3n) is 3.10. The van der Waals surface area contributed by atoms with Gasteiger partial charge >= 0.3 is 5.97 Å². The zero-order chi connectivity index (χ0) is 15.5. The van der Waals surface area contributed by atoms with Crippen LogP contribution in [0.1, 0.15) is 57.6 Å². The Labute approximate surface area is 130 Å². The van der Waals surface area contributed by atoms with E-state index in [0.29, 0.717) is 24.4 Å². The minimum atomic E-state index is -0.203. The zero-order valence-corrected chi connectivity index (χ0v) is 13.6. The monoisotopic (exact) mass is 312 g/mol. The summed E-state index contributed by atoms with van der Waals surface area (Å²) < 4.78 is 4.59. The van der Waals surface area contributed by atoms with Gasteiger partial charge in [0.15, 0.2) is 5.13 Å². The molecule has 0 radical (unpaired) electrons. The van der Waals surface area contributed by atoms with Gasteiger partial charge in [0.25, 0.3) is 0 Å². The van der Waals surface area contributed by atoms with E-state index in [1.54, 1.807) is 0 Å². The number of esters is 1. The van der Waals surface area contributed by atoms with Gasteiger partial charge in [-0.3, -0.25) is 9.59 Å². The van der Waals surface area contributed by atoms with Gasteiger partial charge in [0.05, 0.1) is 12.8 Å². The van der Waals surface area contributed by atoms with Crippen molar-refractivity contribution in [2.24, 2.45) is 0 Å². The zero-order valence-electron chi connectivity index (χ0n) is 12.8. The number of thiazole rings is 1.